The average molecular weight is 353 g/mol. The van der Waals surface area contributed by atoms with Gasteiger partial charge in [-0.05, 0) is 42.8 Å². The van der Waals surface area contributed by atoms with Crippen molar-refractivity contribution in [3.63, 3.8) is 0 Å². The zero-order valence-electron chi connectivity index (χ0n) is 15.0. The lowest BCUT2D eigenvalue weighted by atomic mass is 10.1. The number of halogens is 1. The molecule has 136 valence electrons. The van der Waals surface area contributed by atoms with E-state index in [-0.39, 0.29) is 5.82 Å². The molecule has 26 heavy (non-hydrogen) atoms. The number of aromatic nitrogens is 1. The number of piperazine rings is 1. The number of aromatic amines is 1. The molecule has 1 aromatic heterocycles. The third-order valence-corrected chi connectivity index (χ3v) is 5.22. The van der Waals surface area contributed by atoms with Crippen LogP contribution < -0.4 is 4.90 Å². The molecule has 1 saturated heterocycles. The summed E-state index contributed by atoms with van der Waals surface area (Å²) in [5, 5.41) is 11.8. The Kier molecular flexibility index (Phi) is 4.66. The SMILES string of the molecule is Cc1ccc2c(C(O)CN3CCN(c4ccc(F)cc4)CC3)c[nH]c2c1. The van der Waals surface area contributed by atoms with Gasteiger partial charge in [0, 0.05) is 61.1 Å². The maximum Gasteiger partial charge on any atom is 0.123 e. The van der Waals surface area contributed by atoms with E-state index in [1.54, 1.807) is 0 Å². The van der Waals surface area contributed by atoms with Gasteiger partial charge in [0.2, 0.25) is 0 Å². The Balaban J connectivity index is 1.38. The molecular weight excluding hydrogens is 329 g/mol. The van der Waals surface area contributed by atoms with Gasteiger partial charge in [-0.25, -0.2) is 4.39 Å². The zero-order chi connectivity index (χ0) is 18.1. The van der Waals surface area contributed by atoms with E-state index in [2.05, 4.69) is 39.9 Å². The molecule has 1 aliphatic rings. The van der Waals surface area contributed by atoms with Gasteiger partial charge in [0.15, 0.2) is 0 Å². The summed E-state index contributed by atoms with van der Waals surface area (Å²) in [7, 11) is 0. The minimum atomic E-state index is -0.510. The van der Waals surface area contributed by atoms with E-state index in [1.165, 1.54) is 17.7 Å². The second-order valence-electron chi connectivity index (χ2n) is 7.07. The number of aliphatic hydroxyl groups is 1. The Hall–Kier alpha value is -2.37. The number of rotatable bonds is 4. The average Bonchev–Trinajstić information content (AvgIpc) is 3.06. The van der Waals surface area contributed by atoms with E-state index in [0.717, 1.165) is 48.3 Å². The number of fused-ring (bicyclic) bond motifs is 1. The normalized spacial score (nSPS) is 17.0. The van der Waals surface area contributed by atoms with Crippen molar-refractivity contribution in [3.05, 3.63) is 65.6 Å². The number of benzene rings is 2. The molecule has 1 fully saturated rings. The summed E-state index contributed by atoms with van der Waals surface area (Å²) in [4.78, 5) is 7.81. The van der Waals surface area contributed by atoms with Crippen LogP contribution in [-0.2, 0) is 0 Å². The fraction of sp³-hybridized carbons (Fsp3) is 0.333. The first kappa shape index (κ1) is 17.1. The van der Waals surface area contributed by atoms with Crippen LogP contribution in [0.5, 0.6) is 0 Å². The number of hydrogen-bond acceptors (Lipinski definition) is 3. The Morgan fingerprint density at radius 1 is 1.08 bits per heavy atom. The molecular formula is C21H24FN3O. The van der Waals surface area contributed by atoms with Crippen molar-refractivity contribution in [1.82, 2.24) is 9.88 Å². The van der Waals surface area contributed by atoms with Crippen LogP contribution in [-0.4, -0.2) is 47.7 Å². The van der Waals surface area contributed by atoms with Gasteiger partial charge in [0.25, 0.3) is 0 Å². The second-order valence-corrected chi connectivity index (χ2v) is 7.07. The van der Waals surface area contributed by atoms with E-state index in [0.29, 0.717) is 6.54 Å². The minimum absolute atomic E-state index is 0.204. The summed E-state index contributed by atoms with van der Waals surface area (Å²) < 4.78 is 13.1. The largest absolute Gasteiger partial charge is 0.387 e. The lowest BCUT2D eigenvalue weighted by Crippen LogP contribution is -2.47. The molecule has 2 aromatic carbocycles. The van der Waals surface area contributed by atoms with Crippen molar-refractivity contribution >= 4 is 16.6 Å². The molecule has 4 nitrogen and oxygen atoms in total. The summed E-state index contributed by atoms with van der Waals surface area (Å²) in [5.41, 5.74) is 4.29. The molecule has 1 atom stereocenters. The van der Waals surface area contributed by atoms with Crippen LogP contribution in [0.25, 0.3) is 10.9 Å². The van der Waals surface area contributed by atoms with Crippen molar-refractivity contribution in [2.24, 2.45) is 0 Å². The quantitative estimate of drug-likeness (QED) is 0.755. The molecule has 2 heterocycles. The fourth-order valence-corrected chi connectivity index (χ4v) is 3.72. The standard InChI is InChI=1S/C21H24FN3O/c1-15-2-7-18-19(13-23-20(18)12-15)21(26)14-24-8-10-25(11-9-24)17-5-3-16(22)4-6-17/h2-7,12-13,21,23,26H,8-11,14H2,1H3. The van der Waals surface area contributed by atoms with Crippen LogP contribution in [0.15, 0.2) is 48.7 Å². The van der Waals surface area contributed by atoms with Gasteiger partial charge in [-0.15, -0.1) is 0 Å². The number of nitrogens with one attached hydrogen (secondary N) is 1. The maximum absolute atomic E-state index is 13.1. The highest BCUT2D eigenvalue weighted by Crippen LogP contribution is 2.26. The number of aryl methyl sites for hydroxylation is 1. The number of hydrogen-bond donors (Lipinski definition) is 2. The smallest absolute Gasteiger partial charge is 0.123 e. The number of H-pyrrole nitrogens is 1. The van der Waals surface area contributed by atoms with Gasteiger partial charge in [-0.2, -0.15) is 0 Å². The first-order valence-electron chi connectivity index (χ1n) is 9.09. The highest BCUT2D eigenvalue weighted by atomic mass is 19.1. The number of nitrogens with zero attached hydrogens (tertiary/aromatic N) is 2. The number of β-amino-alcohol motifs (C(OH)–C–C–N with tert-alkyl or cyclic N) is 1. The van der Waals surface area contributed by atoms with Crippen LogP contribution in [0.4, 0.5) is 10.1 Å². The minimum Gasteiger partial charge on any atom is -0.387 e. The summed E-state index contributed by atoms with van der Waals surface area (Å²) in [6.07, 6.45) is 1.41. The monoisotopic (exact) mass is 353 g/mol. The molecule has 2 N–H and O–H groups in total. The predicted molar refractivity (Wildman–Crippen MR) is 103 cm³/mol. The molecule has 0 bridgehead atoms. The molecule has 4 rings (SSSR count). The highest BCUT2D eigenvalue weighted by molar-refractivity contribution is 5.84. The second kappa shape index (κ2) is 7.09. The van der Waals surface area contributed by atoms with Gasteiger partial charge in [-0.3, -0.25) is 4.90 Å². The van der Waals surface area contributed by atoms with Crippen molar-refractivity contribution in [1.29, 1.82) is 0 Å². The third kappa shape index (κ3) is 3.45. The Bertz CT molecular complexity index is 882. The van der Waals surface area contributed by atoms with Crippen molar-refractivity contribution in [2.45, 2.75) is 13.0 Å². The lowest BCUT2D eigenvalue weighted by molar-refractivity contribution is 0.110. The molecule has 0 amide bonds. The van der Waals surface area contributed by atoms with Crippen LogP contribution in [0, 0.1) is 12.7 Å². The van der Waals surface area contributed by atoms with E-state index < -0.39 is 6.10 Å². The molecule has 0 spiro atoms. The topological polar surface area (TPSA) is 42.5 Å². The molecule has 1 unspecified atom stereocenters. The summed E-state index contributed by atoms with van der Waals surface area (Å²) in [6, 6.07) is 12.9. The number of aliphatic hydroxyl groups excluding tert-OH is 1. The third-order valence-electron chi connectivity index (χ3n) is 5.22. The first-order valence-corrected chi connectivity index (χ1v) is 9.09. The molecule has 0 radical (unpaired) electrons. The zero-order valence-corrected chi connectivity index (χ0v) is 15.0. The van der Waals surface area contributed by atoms with Gasteiger partial charge < -0.3 is 15.0 Å². The van der Waals surface area contributed by atoms with Crippen LogP contribution >= 0.6 is 0 Å². The predicted octanol–water partition coefficient (Wildman–Crippen LogP) is 3.47. The molecule has 0 aliphatic carbocycles. The van der Waals surface area contributed by atoms with Gasteiger partial charge in [0.05, 0.1) is 6.10 Å². The van der Waals surface area contributed by atoms with Crippen LogP contribution in [0.2, 0.25) is 0 Å². The summed E-state index contributed by atoms with van der Waals surface area (Å²) in [5.74, 6) is -0.204. The van der Waals surface area contributed by atoms with Crippen LogP contribution in [0.1, 0.15) is 17.2 Å². The molecule has 5 heteroatoms. The summed E-state index contributed by atoms with van der Waals surface area (Å²) in [6.45, 7) is 6.22. The highest BCUT2D eigenvalue weighted by Gasteiger charge is 2.21. The van der Waals surface area contributed by atoms with Crippen molar-refractivity contribution in [2.75, 3.05) is 37.6 Å². The Morgan fingerprint density at radius 2 is 1.81 bits per heavy atom. The van der Waals surface area contributed by atoms with E-state index in [4.69, 9.17) is 0 Å². The summed E-state index contributed by atoms with van der Waals surface area (Å²) >= 11 is 0. The van der Waals surface area contributed by atoms with Crippen LogP contribution in [0.3, 0.4) is 0 Å². The van der Waals surface area contributed by atoms with Gasteiger partial charge in [0.1, 0.15) is 5.82 Å². The molecule has 1 aliphatic heterocycles. The van der Waals surface area contributed by atoms with Gasteiger partial charge in [-0.1, -0.05) is 12.1 Å². The van der Waals surface area contributed by atoms with E-state index in [9.17, 15) is 9.50 Å². The fourth-order valence-electron chi connectivity index (χ4n) is 3.72. The molecule has 3 aromatic rings. The maximum atomic E-state index is 13.1. The van der Waals surface area contributed by atoms with Crippen molar-refractivity contribution in [3.8, 4) is 0 Å². The number of anilines is 1. The Morgan fingerprint density at radius 3 is 2.54 bits per heavy atom. The Labute approximate surface area is 152 Å². The van der Waals surface area contributed by atoms with Gasteiger partial charge >= 0.3 is 0 Å². The lowest BCUT2D eigenvalue weighted by Gasteiger charge is -2.36. The first-order chi connectivity index (χ1) is 12.6. The van der Waals surface area contributed by atoms with Crippen molar-refractivity contribution < 1.29 is 9.50 Å². The molecule has 0 saturated carbocycles. The van der Waals surface area contributed by atoms with E-state index in [1.807, 2.05) is 18.3 Å². The van der Waals surface area contributed by atoms with E-state index >= 15 is 0 Å².